The summed E-state index contributed by atoms with van der Waals surface area (Å²) in [4.78, 5) is 17.0. The van der Waals surface area contributed by atoms with E-state index in [0.29, 0.717) is 5.56 Å². The highest BCUT2D eigenvalue weighted by atomic mass is 16.4. The average Bonchev–Trinajstić information content (AvgIpc) is 2.39. The lowest BCUT2D eigenvalue weighted by molar-refractivity contribution is -0.138. The van der Waals surface area contributed by atoms with Crippen LogP contribution in [0.4, 0.5) is 5.82 Å². The van der Waals surface area contributed by atoms with E-state index in [1.807, 2.05) is 12.1 Å². The molecule has 0 radical (unpaired) electrons. The highest BCUT2D eigenvalue weighted by Gasteiger charge is 2.21. The summed E-state index contributed by atoms with van der Waals surface area (Å²) in [5.41, 5.74) is 0.555. The molecule has 0 saturated carbocycles. The molecule has 0 aliphatic carbocycles. The number of piperidine rings is 1. The summed E-state index contributed by atoms with van der Waals surface area (Å²) in [6, 6.07) is 5.64. The lowest BCUT2D eigenvalue weighted by atomic mass is 9.94. The summed E-state index contributed by atoms with van der Waals surface area (Å²) in [7, 11) is 0. The van der Waals surface area contributed by atoms with Crippen LogP contribution in [0.25, 0.3) is 0 Å². The average molecular weight is 245 g/mol. The van der Waals surface area contributed by atoms with Crippen LogP contribution in [0.15, 0.2) is 18.3 Å². The van der Waals surface area contributed by atoms with E-state index in [1.165, 1.54) is 0 Å². The van der Waals surface area contributed by atoms with Crippen LogP contribution in [0.2, 0.25) is 0 Å². The van der Waals surface area contributed by atoms with Crippen molar-refractivity contribution in [2.75, 3.05) is 18.0 Å². The SMILES string of the molecule is N#Cc1ccc(N2CCC(CC(=O)O)CC2)nc1. The third-order valence-electron chi connectivity index (χ3n) is 3.28. The molecule has 1 N–H and O–H groups in total. The standard InChI is InChI=1S/C13H15N3O2/c14-8-11-1-2-12(15-9-11)16-5-3-10(4-6-16)7-13(17)18/h1-2,9-10H,3-7H2,(H,17,18). The molecule has 2 heterocycles. The second-order valence-corrected chi connectivity index (χ2v) is 4.55. The molecule has 2 rings (SSSR count). The van der Waals surface area contributed by atoms with Gasteiger partial charge in [-0.3, -0.25) is 4.79 Å². The number of aliphatic carboxylic acids is 1. The molecule has 1 aromatic rings. The van der Waals surface area contributed by atoms with Gasteiger partial charge in [-0.25, -0.2) is 4.98 Å². The number of anilines is 1. The minimum atomic E-state index is -0.718. The fraction of sp³-hybridized carbons (Fsp3) is 0.462. The van der Waals surface area contributed by atoms with Gasteiger partial charge in [-0.05, 0) is 30.9 Å². The van der Waals surface area contributed by atoms with E-state index in [4.69, 9.17) is 10.4 Å². The van der Waals surface area contributed by atoms with Crippen LogP contribution in [-0.4, -0.2) is 29.1 Å². The van der Waals surface area contributed by atoms with Crippen LogP contribution in [0.1, 0.15) is 24.8 Å². The molecule has 1 aromatic heterocycles. The van der Waals surface area contributed by atoms with Crippen LogP contribution in [0.3, 0.4) is 0 Å². The number of carboxylic acids is 1. The monoisotopic (exact) mass is 245 g/mol. The summed E-state index contributed by atoms with van der Waals surface area (Å²) >= 11 is 0. The second kappa shape index (κ2) is 5.50. The Morgan fingerprint density at radius 1 is 1.50 bits per heavy atom. The van der Waals surface area contributed by atoms with Gasteiger partial charge in [0.2, 0.25) is 0 Å². The number of carboxylic acid groups (broad SMARTS) is 1. The van der Waals surface area contributed by atoms with Gasteiger partial charge in [-0.15, -0.1) is 0 Å². The van der Waals surface area contributed by atoms with Gasteiger partial charge in [0.1, 0.15) is 11.9 Å². The van der Waals surface area contributed by atoms with E-state index < -0.39 is 5.97 Å². The van der Waals surface area contributed by atoms with Gasteiger partial charge in [0.15, 0.2) is 0 Å². The van der Waals surface area contributed by atoms with E-state index in [0.717, 1.165) is 31.7 Å². The quantitative estimate of drug-likeness (QED) is 0.876. The second-order valence-electron chi connectivity index (χ2n) is 4.55. The molecular formula is C13H15N3O2. The molecule has 5 heteroatoms. The Bertz CT molecular complexity index is 456. The first kappa shape index (κ1) is 12.4. The number of hydrogen-bond donors (Lipinski definition) is 1. The molecule has 5 nitrogen and oxygen atoms in total. The Hall–Kier alpha value is -2.09. The van der Waals surface area contributed by atoms with Crippen molar-refractivity contribution in [1.29, 1.82) is 5.26 Å². The number of nitriles is 1. The topological polar surface area (TPSA) is 77.2 Å². The van der Waals surface area contributed by atoms with Crippen molar-refractivity contribution < 1.29 is 9.90 Å². The third-order valence-corrected chi connectivity index (χ3v) is 3.28. The van der Waals surface area contributed by atoms with Gasteiger partial charge < -0.3 is 10.0 Å². The summed E-state index contributed by atoms with van der Waals surface area (Å²) in [5, 5.41) is 17.4. The zero-order valence-electron chi connectivity index (χ0n) is 10.0. The lowest BCUT2D eigenvalue weighted by Crippen LogP contribution is -2.34. The van der Waals surface area contributed by atoms with Gasteiger partial charge in [-0.2, -0.15) is 5.26 Å². The van der Waals surface area contributed by atoms with Gasteiger partial charge in [0, 0.05) is 25.7 Å². The molecule has 0 unspecified atom stereocenters. The fourth-order valence-corrected chi connectivity index (χ4v) is 2.25. The molecule has 1 fully saturated rings. The number of rotatable bonds is 3. The third kappa shape index (κ3) is 2.98. The number of nitrogens with zero attached hydrogens (tertiary/aromatic N) is 3. The van der Waals surface area contributed by atoms with Crippen LogP contribution >= 0.6 is 0 Å². The maximum absolute atomic E-state index is 10.6. The van der Waals surface area contributed by atoms with Crippen LogP contribution in [0, 0.1) is 17.2 Å². The van der Waals surface area contributed by atoms with Gasteiger partial charge >= 0.3 is 5.97 Å². The molecule has 0 amide bonds. The molecule has 0 spiro atoms. The van der Waals surface area contributed by atoms with E-state index in [2.05, 4.69) is 9.88 Å². The first-order valence-corrected chi connectivity index (χ1v) is 6.02. The number of aromatic nitrogens is 1. The molecule has 18 heavy (non-hydrogen) atoms. The van der Waals surface area contributed by atoms with Gasteiger partial charge in [0.25, 0.3) is 0 Å². The predicted octanol–water partition coefficient (Wildman–Crippen LogP) is 1.64. The Balaban J connectivity index is 1.93. The van der Waals surface area contributed by atoms with Gasteiger partial charge in [0.05, 0.1) is 5.56 Å². The maximum Gasteiger partial charge on any atom is 0.303 e. The maximum atomic E-state index is 10.6. The van der Waals surface area contributed by atoms with Gasteiger partial charge in [-0.1, -0.05) is 0 Å². The Morgan fingerprint density at radius 2 is 2.22 bits per heavy atom. The van der Waals surface area contributed by atoms with E-state index in [1.54, 1.807) is 12.3 Å². The fourth-order valence-electron chi connectivity index (χ4n) is 2.25. The highest BCUT2D eigenvalue weighted by Crippen LogP contribution is 2.23. The van der Waals surface area contributed by atoms with Crippen LogP contribution in [-0.2, 0) is 4.79 Å². The van der Waals surface area contributed by atoms with E-state index >= 15 is 0 Å². The molecule has 1 aliphatic heterocycles. The molecular weight excluding hydrogens is 230 g/mol. The molecule has 94 valence electrons. The normalized spacial score (nSPS) is 16.3. The number of hydrogen-bond acceptors (Lipinski definition) is 4. The van der Waals surface area contributed by atoms with Crippen molar-refractivity contribution in [2.24, 2.45) is 5.92 Å². The van der Waals surface area contributed by atoms with E-state index in [9.17, 15) is 4.79 Å². The summed E-state index contributed by atoms with van der Waals surface area (Å²) in [6.07, 6.45) is 3.59. The zero-order valence-corrected chi connectivity index (χ0v) is 10.0. The number of carbonyl (C=O) groups is 1. The molecule has 1 aliphatic rings. The zero-order chi connectivity index (χ0) is 13.0. The first-order valence-electron chi connectivity index (χ1n) is 6.02. The predicted molar refractivity (Wildman–Crippen MR) is 66.1 cm³/mol. The summed E-state index contributed by atoms with van der Waals surface area (Å²) in [6.45, 7) is 1.66. The minimum absolute atomic E-state index is 0.259. The smallest absolute Gasteiger partial charge is 0.303 e. The van der Waals surface area contributed by atoms with E-state index in [-0.39, 0.29) is 12.3 Å². The Morgan fingerprint density at radius 3 is 2.72 bits per heavy atom. The highest BCUT2D eigenvalue weighted by molar-refractivity contribution is 5.67. The molecule has 0 bridgehead atoms. The summed E-state index contributed by atoms with van der Waals surface area (Å²) in [5.74, 6) is 0.421. The first-order chi connectivity index (χ1) is 8.69. The van der Waals surface area contributed by atoms with Crippen molar-refractivity contribution in [1.82, 2.24) is 4.98 Å². The van der Waals surface area contributed by atoms with Crippen LogP contribution < -0.4 is 4.90 Å². The van der Waals surface area contributed by atoms with Crippen LogP contribution in [0.5, 0.6) is 0 Å². The van der Waals surface area contributed by atoms with Crippen molar-refractivity contribution in [3.63, 3.8) is 0 Å². The van der Waals surface area contributed by atoms with Crippen molar-refractivity contribution in [2.45, 2.75) is 19.3 Å². The molecule has 1 saturated heterocycles. The summed E-state index contributed by atoms with van der Waals surface area (Å²) < 4.78 is 0. The lowest BCUT2D eigenvalue weighted by Gasteiger charge is -2.32. The Labute approximate surface area is 106 Å². The Kier molecular flexibility index (Phi) is 3.78. The minimum Gasteiger partial charge on any atom is -0.481 e. The largest absolute Gasteiger partial charge is 0.481 e. The molecule has 0 aromatic carbocycles. The van der Waals surface area contributed by atoms with Crippen molar-refractivity contribution >= 4 is 11.8 Å². The number of pyridine rings is 1. The molecule has 0 atom stereocenters. The van der Waals surface area contributed by atoms with Crippen molar-refractivity contribution in [3.05, 3.63) is 23.9 Å². The van der Waals surface area contributed by atoms with Crippen molar-refractivity contribution in [3.8, 4) is 6.07 Å².